The lowest BCUT2D eigenvalue weighted by molar-refractivity contribution is -0.152. The fourth-order valence-electron chi connectivity index (χ4n) is 4.61. The first kappa shape index (κ1) is 17.7. The smallest absolute Gasteiger partial charge is 0.252 e. The van der Waals surface area contributed by atoms with Crippen LogP contribution in [0.5, 0.6) is 0 Å². The van der Waals surface area contributed by atoms with Crippen molar-refractivity contribution >= 4 is 11.7 Å². The molecule has 0 aromatic heterocycles. The van der Waals surface area contributed by atoms with Crippen LogP contribution < -0.4 is 0 Å². The molecule has 26 heavy (non-hydrogen) atoms. The molecule has 0 radical (unpaired) electrons. The van der Waals surface area contributed by atoms with Crippen LogP contribution in [0.2, 0.25) is 0 Å². The van der Waals surface area contributed by atoms with E-state index in [-0.39, 0.29) is 30.3 Å². The van der Waals surface area contributed by atoms with E-state index in [2.05, 4.69) is 0 Å². The summed E-state index contributed by atoms with van der Waals surface area (Å²) in [4.78, 5) is 27.3. The number of hydrogen-bond donors (Lipinski definition) is 0. The summed E-state index contributed by atoms with van der Waals surface area (Å²) in [5.41, 5.74) is 1.07. The molecule has 3 fully saturated rings. The van der Waals surface area contributed by atoms with Gasteiger partial charge in [-0.15, -0.1) is 0 Å². The second-order valence-corrected chi connectivity index (χ2v) is 7.70. The Labute approximate surface area is 154 Å². The zero-order valence-corrected chi connectivity index (χ0v) is 15.1. The first-order chi connectivity index (χ1) is 12.7. The van der Waals surface area contributed by atoms with Crippen molar-refractivity contribution in [3.05, 3.63) is 35.9 Å². The number of likely N-dealkylation sites (tertiary alicyclic amines) is 1. The first-order valence-corrected chi connectivity index (χ1v) is 9.84. The maximum atomic E-state index is 13.3. The van der Waals surface area contributed by atoms with E-state index in [1.807, 2.05) is 30.3 Å². The summed E-state index contributed by atoms with van der Waals surface area (Å²) in [6.07, 6.45) is 5.76. The molecule has 5 heteroatoms. The topological polar surface area (TPSA) is 55.8 Å². The quantitative estimate of drug-likeness (QED) is 0.813. The number of hydrogen-bond acceptors (Lipinski definition) is 4. The van der Waals surface area contributed by atoms with Crippen LogP contribution >= 0.6 is 0 Å². The zero-order chi connectivity index (χ0) is 17.9. The molecule has 140 valence electrons. The average molecular weight is 357 g/mol. The van der Waals surface area contributed by atoms with Crippen LogP contribution in [0.1, 0.15) is 44.1 Å². The molecule has 2 heterocycles. The molecule has 1 aliphatic carbocycles. The van der Waals surface area contributed by atoms with Crippen LogP contribution in [0.25, 0.3) is 0 Å². The number of carbonyl (C=O) groups is 2. The highest BCUT2D eigenvalue weighted by Crippen LogP contribution is 2.33. The van der Waals surface area contributed by atoms with Crippen molar-refractivity contribution < 1.29 is 19.1 Å². The van der Waals surface area contributed by atoms with Gasteiger partial charge in [-0.1, -0.05) is 49.6 Å². The van der Waals surface area contributed by atoms with Crippen LogP contribution in [0.3, 0.4) is 0 Å². The van der Waals surface area contributed by atoms with E-state index in [1.54, 1.807) is 4.90 Å². The van der Waals surface area contributed by atoms with Crippen molar-refractivity contribution in [1.82, 2.24) is 4.90 Å². The molecule has 0 N–H and O–H groups in total. The SMILES string of the molecule is O=C1CO[C@@H]2CCN(C(=O)C(OCc3ccccc3)C3CCCCC3)[C@H]12. The number of fused-ring (bicyclic) bond motifs is 1. The van der Waals surface area contributed by atoms with Crippen molar-refractivity contribution in [3.63, 3.8) is 0 Å². The molecule has 3 atom stereocenters. The van der Waals surface area contributed by atoms with E-state index in [9.17, 15) is 9.59 Å². The van der Waals surface area contributed by atoms with Crippen molar-refractivity contribution in [2.24, 2.45) is 5.92 Å². The van der Waals surface area contributed by atoms with Crippen molar-refractivity contribution in [1.29, 1.82) is 0 Å². The molecule has 5 nitrogen and oxygen atoms in total. The number of carbonyl (C=O) groups excluding carboxylic acids is 2. The second kappa shape index (κ2) is 7.89. The van der Waals surface area contributed by atoms with Gasteiger partial charge in [0.2, 0.25) is 0 Å². The maximum absolute atomic E-state index is 13.3. The Kier molecular flexibility index (Phi) is 5.36. The van der Waals surface area contributed by atoms with E-state index in [0.29, 0.717) is 13.2 Å². The summed E-state index contributed by atoms with van der Waals surface area (Å²) in [7, 11) is 0. The summed E-state index contributed by atoms with van der Waals surface area (Å²) in [6.45, 7) is 1.16. The van der Waals surface area contributed by atoms with Crippen molar-refractivity contribution in [3.8, 4) is 0 Å². The number of amides is 1. The monoisotopic (exact) mass is 357 g/mol. The van der Waals surface area contributed by atoms with Gasteiger partial charge >= 0.3 is 0 Å². The van der Waals surface area contributed by atoms with E-state index >= 15 is 0 Å². The molecule has 3 aliphatic rings. The number of benzene rings is 1. The van der Waals surface area contributed by atoms with E-state index < -0.39 is 12.1 Å². The van der Waals surface area contributed by atoms with Crippen LogP contribution in [-0.2, 0) is 25.7 Å². The molecule has 1 saturated carbocycles. The molecule has 1 amide bonds. The number of ketones is 1. The Hall–Kier alpha value is -1.72. The Morgan fingerprint density at radius 3 is 2.69 bits per heavy atom. The minimum absolute atomic E-state index is 0.0146. The highest BCUT2D eigenvalue weighted by atomic mass is 16.5. The van der Waals surface area contributed by atoms with E-state index in [0.717, 1.165) is 37.7 Å². The van der Waals surface area contributed by atoms with Gasteiger partial charge in [0.05, 0.1) is 12.7 Å². The van der Waals surface area contributed by atoms with E-state index in [1.165, 1.54) is 6.42 Å². The number of ether oxygens (including phenoxy) is 2. The standard InChI is InChI=1S/C21H27NO4/c23-17-14-25-18-11-12-22(19(17)18)21(24)20(16-9-5-2-6-10-16)26-13-15-7-3-1-4-8-15/h1,3-4,7-8,16,18-20H,2,5-6,9-14H2/t18-,19-,20?/m1/s1. The number of nitrogens with zero attached hydrogens (tertiary/aromatic N) is 1. The Morgan fingerprint density at radius 1 is 1.15 bits per heavy atom. The summed E-state index contributed by atoms with van der Waals surface area (Å²) >= 11 is 0. The Balaban J connectivity index is 1.49. The van der Waals surface area contributed by atoms with E-state index in [4.69, 9.17) is 9.47 Å². The fraction of sp³-hybridized carbons (Fsp3) is 0.619. The highest BCUT2D eigenvalue weighted by molar-refractivity contribution is 5.93. The van der Waals surface area contributed by atoms with Crippen LogP contribution in [0, 0.1) is 5.92 Å². The van der Waals surface area contributed by atoms with Gasteiger partial charge in [0, 0.05) is 6.54 Å². The molecule has 0 bridgehead atoms. The molecule has 1 aromatic carbocycles. The fourth-order valence-corrected chi connectivity index (χ4v) is 4.61. The molecule has 2 saturated heterocycles. The Morgan fingerprint density at radius 2 is 1.92 bits per heavy atom. The van der Waals surface area contributed by atoms with Gasteiger partial charge in [0.25, 0.3) is 5.91 Å². The third-order valence-electron chi connectivity index (χ3n) is 5.99. The molecular formula is C21H27NO4. The third kappa shape index (κ3) is 3.55. The lowest BCUT2D eigenvalue weighted by Gasteiger charge is -2.33. The molecular weight excluding hydrogens is 330 g/mol. The third-order valence-corrected chi connectivity index (χ3v) is 5.99. The molecule has 2 aliphatic heterocycles. The Bertz CT molecular complexity index is 641. The second-order valence-electron chi connectivity index (χ2n) is 7.70. The summed E-state index contributed by atoms with van der Waals surface area (Å²) in [5, 5.41) is 0. The summed E-state index contributed by atoms with van der Waals surface area (Å²) in [5.74, 6) is 0.266. The predicted octanol–water partition coefficient (Wildman–Crippen LogP) is 2.72. The van der Waals surface area contributed by atoms with Crippen LogP contribution in [0.15, 0.2) is 30.3 Å². The zero-order valence-electron chi connectivity index (χ0n) is 15.1. The highest BCUT2D eigenvalue weighted by Gasteiger charge is 2.49. The first-order valence-electron chi connectivity index (χ1n) is 9.84. The lowest BCUT2D eigenvalue weighted by atomic mass is 9.84. The number of Topliss-reactive ketones (excluding diaryl/α,β-unsaturated/α-hetero) is 1. The minimum atomic E-state index is -0.456. The summed E-state index contributed by atoms with van der Waals surface area (Å²) < 4.78 is 11.7. The van der Waals surface area contributed by atoms with Gasteiger partial charge in [0.1, 0.15) is 18.8 Å². The van der Waals surface area contributed by atoms with Gasteiger partial charge < -0.3 is 14.4 Å². The van der Waals surface area contributed by atoms with Gasteiger partial charge in [-0.25, -0.2) is 0 Å². The molecule has 4 rings (SSSR count). The van der Waals surface area contributed by atoms with Gasteiger partial charge in [-0.3, -0.25) is 9.59 Å². The van der Waals surface area contributed by atoms with Crippen molar-refractivity contribution in [2.45, 2.75) is 63.4 Å². The largest absolute Gasteiger partial charge is 0.368 e. The van der Waals surface area contributed by atoms with Gasteiger partial charge in [0.15, 0.2) is 5.78 Å². The van der Waals surface area contributed by atoms with Crippen molar-refractivity contribution in [2.75, 3.05) is 13.2 Å². The van der Waals surface area contributed by atoms with Crippen LogP contribution in [0.4, 0.5) is 0 Å². The normalized spacial score (nSPS) is 27.5. The lowest BCUT2D eigenvalue weighted by Crippen LogP contribution is -2.49. The minimum Gasteiger partial charge on any atom is -0.368 e. The maximum Gasteiger partial charge on any atom is 0.252 e. The number of rotatable bonds is 5. The molecule has 1 aromatic rings. The van der Waals surface area contributed by atoms with Gasteiger partial charge in [-0.2, -0.15) is 0 Å². The summed E-state index contributed by atoms with van der Waals surface area (Å²) in [6, 6.07) is 9.58. The molecule has 1 unspecified atom stereocenters. The van der Waals surface area contributed by atoms with Gasteiger partial charge in [-0.05, 0) is 30.7 Å². The van der Waals surface area contributed by atoms with Crippen LogP contribution in [-0.4, -0.2) is 48.0 Å². The predicted molar refractivity (Wildman–Crippen MR) is 96.5 cm³/mol. The average Bonchev–Trinajstić information content (AvgIpc) is 3.27. The molecule has 0 spiro atoms.